The Labute approximate surface area is 206 Å². The highest BCUT2D eigenvalue weighted by molar-refractivity contribution is 7.99. The van der Waals surface area contributed by atoms with E-state index in [1.54, 1.807) is 0 Å². The summed E-state index contributed by atoms with van der Waals surface area (Å²) < 4.78 is 24.9. The number of benzene rings is 2. The zero-order valence-corrected chi connectivity index (χ0v) is 21.2. The molecule has 3 rings (SSSR count). The third kappa shape index (κ3) is 7.30. The van der Waals surface area contributed by atoms with Crippen molar-refractivity contribution in [2.45, 2.75) is 70.8 Å². The molecule has 2 aromatic carbocycles. The van der Waals surface area contributed by atoms with Crippen molar-refractivity contribution in [1.29, 1.82) is 0 Å². The quantitative estimate of drug-likeness (QED) is 0.491. The van der Waals surface area contributed by atoms with Gasteiger partial charge in [-0.15, -0.1) is 11.8 Å². The fraction of sp³-hybridized carbons (Fsp3) is 0.519. The minimum atomic E-state index is -0.691. The third-order valence-corrected chi connectivity index (χ3v) is 6.57. The average molecular weight is 489 g/mol. The van der Waals surface area contributed by atoms with E-state index in [0.717, 1.165) is 16.9 Å². The largest absolute Gasteiger partial charge is 0.455 e. The second-order valence-corrected chi connectivity index (χ2v) is 10.7. The zero-order valence-electron chi connectivity index (χ0n) is 20.4. The Morgan fingerprint density at radius 3 is 1.91 bits per heavy atom. The van der Waals surface area contributed by atoms with Crippen molar-refractivity contribution in [3.63, 3.8) is 0 Å². The molecule has 1 aliphatic rings. The van der Waals surface area contributed by atoms with Crippen LogP contribution >= 0.6 is 11.8 Å². The van der Waals surface area contributed by atoms with Crippen LogP contribution in [0.15, 0.2) is 60.7 Å². The molecule has 34 heavy (non-hydrogen) atoms. The molecular formula is C27H36O6S. The van der Waals surface area contributed by atoms with Gasteiger partial charge in [-0.2, -0.15) is 0 Å². The number of rotatable bonds is 10. The van der Waals surface area contributed by atoms with Crippen LogP contribution in [-0.4, -0.2) is 53.3 Å². The molecule has 1 saturated heterocycles. The summed E-state index contributed by atoms with van der Waals surface area (Å²) in [6.45, 7) is 7.89. The lowest BCUT2D eigenvalue weighted by molar-refractivity contribution is -0.249. The first-order chi connectivity index (χ1) is 16.3. The van der Waals surface area contributed by atoms with Crippen LogP contribution in [-0.2, 0) is 37.0 Å². The molecule has 0 amide bonds. The SMILES string of the molecule is CCS[C@@H]1OC(CO)[C@H](OCc2ccccc2)C(OCc2ccccc2)[C@H]1OC(=O)C(C)(C)C. The highest BCUT2D eigenvalue weighted by Crippen LogP contribution is 2.35. The summed E-state index contributed by atoms with van der Waals surface area (Å²) in [4.78, 5) is 12.9. The van der Waals surface area contributed by atoms with E-state index >= 15 is 0 Å². The van der Waals surface area contributed by atoms with Crippen molar-refractivity contribution >= 4 is 17.7 Å². The molecule has 2 aromatic rings. The van der Waals surface area contributed by atoms with Gasteiger partial charge in [-0.25, -0.2) is 0 Å². The number of carbonyl (C=O) groups excluding carboxylic acids is 1. The molecule has 0 aliphatic carbocycles. The number of hydrogen-bond acceptors (Lipinski definition) is 7. The number of esters is 1. The first-order valence-electron chi connectivity index (χ1n) is 11.7. The normalized spacial score (nSPS) is 25.1. The van der Waals surface area contributed by atoms with Crippen molar-refractivity contribution in [1.82, 2.24) is 0 Å². The second-order valence-electron chi connectivity index (χ2n) is 9.32. The molecule has 1 heterocycles. The molecule has 7 heteroatoms. The monoisotopic (exact) mass is 488 g/mol. The van der Waals surface area contributed by atoms with Gasteiger partial charge in [0.15, 0.2) is 6.10 Å². The van der Waals surface area contributed by atoms with Crippen LogP contribution in [0.25, 0.3) is 0 Å². The lowest BCUT2D eigenvalue weighted by Crippen LogP contribution is -2.61. The fourth-order valence-corrected chi connectivity index (χ4v) is 4.62. The molecule has 0 saturated carbocycles. The van der Waals surface area contributed by atoms with Crippen LogP contribution in [0.3, 0.4) is 0 Å². The van der Waals surface area contributed by atoms with Gasteiger partial charge in [-0.05, 0) is 37.7 Å². The molecule has 0 aromatic heterocycles. The molecule has 0 bridgehead atoms. The van der Waals surface area contributed by atoms with Gasteiger partial charge in [-0.3, -0.25) is 4.79 Å². The molecule has 5 atom stereocenters. The van der Waals surface area contributed by atoms with Crippen LogP contribution in [0.5, 0.6) is 0 Å². The molecule has 186 valence electrons. The Morgan fingerprint density at radius 1 is 0.912 bits per heavy atom. The van der Waals surface area contributed by atoms with Crippen molar-refractivity contribution < 1.29 is 28.8 Å². The molecule has 6 nitrogen and oxygen atoms in total. The number of carbonyl (C=O) groups is 1. The molecular weight excluding hydrogens is 452 g/mol. The highest BCUT2D eigenvalue weighted by atomic mass is 32.2. The summed E-state index contributed by atoms with van der Waals surface area (Å²) in [5.74, 6) is 0.424. The first kappa shape index (κ1) is 26.7. The summed E-state index contributed by atoms with van der Waals surface area (Å²) in [7, 11) is 0. The lowest BCUT2D eigenvalue weighted by atomic mass is 9.95. The molecule has 1 aliphatic heterocycles. The number of aliphatic hydroxyl groups excluding tert-OH is 1. The lowest BCUT2D eigenvalue weighted by Gasteiger charge is -2.45. The summed E-state index contributed by atoms with van der Waals surface area (Å²) >= 11 is 1.53. The number of ether oxygens (including phenoxy) is 4. The third-order valence-electron chi connectivity index (χ3n) is 5.53. The first-order valence-corrected chi connectivity index (χ1v) is 12.8. The van der Waals surface area contributed by atoms with Gasteiger partial charge in [-0.1, -0.05) is 67.6 Å². The fourth-order valence-electron chi connectivity index (χ4n) is 3.67. The van der Waals surface area contributed by atoms with Gasteiger partial charge < -0.3 is 24.1 Å². The number of hydrogen-bond donors (Lipinski definition) is 1. The predicted molar refractivity (Wildman–Crippen MR) is 133 cm³/mol. The summed E-state index contributed by atoms with van der Waals surface area (Å²) in [6, 6.07) is 19.6. The molecule has 2 unspecified atom stereocenters. The van der Waals surface area contributed by atoms with Crippen LogP contribution in [0.4, 0.5) is 0 Å². The number of thioether (sulfide) groups is 1. The van der Waals surface area contributed by atoms with E-state index in [0.29, 0.717) is 13.2 Å². The van der Waals surface area contributed by atoms with Crippen molar-refractivity contribution in [2.24, 2.45) is 5.41 Å². The smallest absolute Gasteiger partial charge is 0.311 e. The van der Waals surface area contributed by atoms with E-state index in [1.165, 1.54) is 11.8 Å². The van der Waals surface area contributed by atoms with Gasteiger partial charge >= 0.3 is 5.97 Å². The highest BCUT2D eigenvalue weighted by Gasteiger charge is 2.50. The van der Waals surface area contributed by atoms with E-state index in [1.807, 2.05) is 88.4 Å². The Morgan fingerprint density at radius 2 is 1.44 bits per heavy atom. The molecule has 0 radical (unpaired) electrons. The van der Waals surface area contributed by atoms with Crippen LogP contribution in [0.2, 0.25) is 0 Å². The van der Waals surface area contributed by atoms with Gasteiger partial charge in [0.1, 0.15) is 23.7 Å². The van der Waals surface area contributed by atoms with E-state index in [4.69, 9.17) is 18.9 Å². The maximum Gasteiger partial charge on any atom is 0.311 e. The molecule has 1 fully saturated rings. The maximum atomic E-state index is 12.9. The number of aliphatic hydroxyl groups is 1. The van der Waals surface area contributed by atoms with E-state index < -0.39 is 35.3 Å². The standard InChI is InChI=1S/C27H36O6S/c1-5-34-25-24(33-26(29)27(2,3)4)23(31-18-20-14-10-7-11-15-20)22(21(16-28)32-25)30-17-19-12-8-6-9-13-19/h6-15,21-25,28H,5,16-18H2,1-4H3/t21?,22-,23?,24+,25-/m0/s1. The Kier molecular flexibility index (Phi) is 9.97. The van der Waals surface area contributed by atoms with Crippen molar-refractivity contribution in [3.8, 4) is 0 Å². The predicted octanol–water partition coefficient (Wildman–Crippen LogP) is 4.59. The minimum Gasteiger partial charge on any atom is -0.455 e. The van der Waals surface area contributed by atoms with Crippen LogP contribution in [0.1, 0.15) is 38.8 Å². The Balaban J connectivity index is 1.90. The Hall–Kier alpha value is -1.90. The maximum absolute atomic E-state index is 12.9. The zero-order chi connectivity index (χ0) is 24.6. The molecule has 1 N–H and O–H groups in total. The van der Waals surface area contributed by atoms with Gasteiger partial charge in [0.2, 0.25) is 0 Å². The van der Waals surface area contributed by atoms with Gasteiger partial charge in [0, 0.05) is 0 Å². The van der Waals surface area contributed by atoms with Gasteiger partial charge in [0.25, 0.3) is 0 Å². The van der Waals surface area contributed by atoms with Crippen molar-refractivity contribution in [2.75, 3.05) is 12.4 Å². The minimum absolute atomic E-state index is 0.231. The average Bonchev–Trinajstić information content (AvgIpc) is 2.83. The summed E-state index contributed by atoms with van der Waals surface area (Å²) in [6.07, 6.45) is -2.55. The van der Waals surface area contributed by atoms with E-state index in [9.17, 15) is 9.90 Å². The van der Waals surface area contributed by atoms with Crippen LogP contribution in [0, 0.1) is 5.41 Å². The second kappa shape index (κ2) is 12.7. The van der Waals surface area contributed by atoms with Gasteiger partial charge in [0.05, 0.1) is 25.2 Å². The summed E-state index contributed by atoms with van der Waals surface area (Å²) in [5.41, 5.74) is 0.830. The Bertz CT molecular complexity index is 870. The topological polar surface area (TPSA) is 74.2 Å². The van der Waals surface area contributed by atoms with Crippen LogP contribution < -0.4 is 0 Å². The van der Waals surface area contributed by atoms with Crippen molar-refractivity contribution in [3.05, 3.63) is 71.8 Å². The summed E-state index contributed by atoms with van der Waals surface area (Å²) in [5, 5.41) is 10.2. The van der Waals surface area contributed by atoms with E-state index in [2.05, 4.69) is 0 Å². The molecule has 0 spiro atoms. The van der Waals surface area contributed by atoms with E-state index in [-0.39, 0.29) is 12.6 Å².